The van der Waals surface area contributed by atoms with E-state index >= 15 is 0 Å². The van der Waals surface area contributed by atoms with Gasteiger partial charge < -0.3 is 10.0 Å². The van der Waals surface area contributed by atoms with Crippen molar-refractivity contribution in [3.8, 4) is 0 Å². The maximum Gasteiger partial charge on any atom is 0.0700 e. The fourth-order valence-corrected chi connectivity index (χ4v) is 1.75. The molecule has 0 saturated heterocycles. The van der Waals surface area contributed by atoms with Crippen LogP contribution in [0.25, 0.3) is 0 Å². The first kappa shape index (κ1) is 9.80. The summed E-state index contributed by atoms with van der Waals surface area (Å²) in [5, 5.41) is 8.78. The van der Waals surface area contributed by atoms with Crippen LogP contribution in [-0.4, -0.2) is 22.8 Å². The van der Waals surface area contributed by atoms with Crippen LogP contribution in [0, 0.1) is 0 Å². The SMILES string of the molecule is OCCN(CI)c1ccccc1. The zero-order valence-electron chi connectivity index (χ0n) is 6.78. The van der Waals surface area contributed by atoms with Gasteiger partial charge in [0, 0.05) is 12.2 Å². The Morgan fingerprint density at radius 2 is 1.92 bits per heavy atom. The topological polar surface area (TPSA) is 23.5 Å². The lowest BCUT2D eigenvalue weighted by Gasteiger charge is -2.20. The summed E-state index contributed by atoms with van der Waals surface area (Å²) in [5.74, 6) is 0. The fraction of sp³-hybridized carbons (Fsp3) is 0.333. The highest BCUT2D eigenvalue weighted by atomic mass is 127. The minimum absolute atomic E-state index is 0.206. The second-order valence-corrected chi connectivity index (χ2v) is 3.12. The molecule has 0 heterocycles. The Kier molecular flexibility index (Phi) is 4.39. The molecular formula is C9H12INO. The smallest absolute Gasteiger partial charge is 0.0700 e. The second-order valence-electron chi connectivity index (χ2n) is 2.44. The van der Waals surface area contributed by atoms with E-state index in [1.807, 2.05) is 30.3 Å². The van der Waals surface area contributed by atoms with E-state index in [0.717, 1.165) is 4.55 Å². The molecule has 0 radical (unpaired) electrons. The zero-order chi connectivity index (χ0) is 8.81. The average molecular weight is 277 g/mol. The summed E-state index contributed by atoms with van der Waals surface area (Å²) in [6.07, 6.45) is 0. The number of hydrogen-bond acceptors (Lipinski definition) is 2. The lowest BCUT2D eigenvalue weighted by atomic mass is 10.3. The molecule has 1 rings (SSSR count). The van der Waals surface area contributed by atoms with Crippen molar-refractivity contribution in [2.45, 2.75) is 0 Å². The normalized spacial score (nSPS) is 9.83. The molecule has 2 nitrogen and oxygen atoms in total. The Morgan fingerprint density at radius 1 is 1.25 bits per heavy atom. The summed E-state index contributed by atoms with van der Waals surface area (Å²) in [5.41, 5.74) is 1.17. The highest BCUT2D eigenvalue weighted by Gasteiger charge is 2.01. The number of para-hydroxylation sites is 1. The van der Waals surface area contributed by atoms with E-state index in [1.165, 1.54) is 5.69 Å². The Morgan fingerprint density at radius 3 is 2.42 bits per heavy atom. The van der Waals surface area contributed by atoms with Crippen molar-refractivity contribution in [1.82, 2.24) is 0 Å². The van der Waals surface area contributed by atoms with Gasteiger partial charge in [-0.1, -0.05) is 40.8 Å². The third-order valence-corrected chi connectivity index (χ3v) is 2.46. The zero-order valence-corrected chi connectivity index (χ0v) is 8.94. The van der Waals surface area contributed by atoms with E-state index < -0.39 is 0 Å². The molecule has 0 aliphatic carbocycles. The summed E-state index contributed by atoms with van der Waals surface area (Å²) in [6, 6.07) is 10.1. The van der Waals surface area contributed by atoms with Crippen LogP contribution >= 0.6 is 22.6 Å². The van der Waals surface area contributed by atoms with Gasteiger partial charge in [0.05, 0.1) is 11.2 Å². The summed E-state index contributed by atoms with van der Waals surface area (Å²) < 4.78 is 0.905. The minimum Gasteiger partial charge on any atom is -0.395 e. The van der Waals surface area contributed by atoms with E-state index in [0.29, 0.717) is 6.54 Å². The van der Waals surface area contributed by atoms with Crippen LogP contribution in [0.15, 0.2) is 30.3 Å². The summed E-state index contributed by atoms with van der Waals surface area (Å²) >= 11 is 2.29. The van der Waals surface area contributed by atoms with Gasteiger partial charge in [0.1, 0.15) is 0 Å². The molecule has 0 atom stereocenters. The van der Waals surface area contributed by atoms with E-state index in [9.17, 15) is 0 Å². The molecule has 3 heteroatoms. The average Bonchev–Trinajstić information content (AvgIpc) is 2.15. The van der Waals surface area contributed by atoms with Gasteiger partial charge in [0.25, 0.3) is 0 Å². The van der Waals surface area contributed by atoms with Crippen LogP contribution in [0.1, 0.15) is 0 Å². The molecule has 0 bridgehead atoms. The van der Waals surface area contributed by atoms with E-state index in [1.54, 1.807) is 0 Å². The van der Waals surface area contributed by atoms with Gasteiger partial charge in [0.15, 0.2) is 0 Å². The number of anilines is 1. The molecule has 0 aliphatic rings. The maximum absolute atomic E-state index is 8.78. The van der Waals surface area contributed by atoms with Gasteiger partial charge in [-0.05, 0) is 12.1 Å². The van der Waals surface area contributed by atoms with Gasteiger partial charge >= 0.3 is 0 Å². The summed E-state index contributed by atoms with van der Waals surface area (Å²) in [7, 11) is 0. The number of aliphatic hydroxyl groups is 1. The van der Waals surface area contributed by atoms with Crippen molar-refractivity contribution < 1.29 is 5.11 Å². The van der Waals surface area contributed by atoms with Crippen molar-refractivity contribution in [3.63, 3.8) is 0 Å². The van der Waals surface area contributed by atoms with Gasteiger partial charge in [0.2, 0.25) is 0 Å². The van der Waals surface area contributed by atoms with E-state index in [4.69, 9.17) is 5.11 Å². The molecule has 1 aromatic carbocycles. The first-order chi connectivity index (χ1) is 5.88. The lowest BCUT2D eigenvalue weighted by molar-refractivity contribution is 0.304. The van der Waals surface area contributed by atoms with Gasteiger partial charge in [-0.15, -0.1) is 0 Å². The molecule has 0 aliphatic heterocycles. The Labute approximate surface area is 86.3 Å². The highest BCUT2D eigenvalue weighted by molar-refractivity contribution is 14.1. The molecule has 0 amide bonds. The summed E-state index contributed by atoms with van der Waals surface area (Å²) in [4.78, 5) is 2.13. The molecular weight excluding hydrogens is 265 g/mol. The number of alkyl halides is 1. The minimum atomic E-state index is 0.206. The van der Waals surface area contributed by atoms with Crippen LogP contribution in [0.2, 0.25) is 0 Å². The Bertz CT molecular complexity index is 215. The van der Waals surface area contributed by atoms with Crippen molar-refractivity contribution >= 4 is 28.3 Å². The first-order valence-corrected chi connectivity index (χ1v) is 5.38. The third kappa shape index (κ3) is 2.64. The van der Waals surface area contributed by atoms with E-state index in [2.05, 4.69) is 27.5 Å². The summed E-state index contributed by atoms with van der Waals surface area (Å²) in [6.45, 7) is 0.908. The quantitative estimate of drug-likeness (QED) is 0.516. The Hall–Kier alpha value is -0.290. The molecule has 66 valence electrons. The highest BCUT2D eigenvalue weighted by Crippen LogP contribution is 2.13. The van der Waals surface area contributed by atoms with Gasteiger partial charge in [-0.2, -0.15) is 0 Å². The van der Waals surface area contributed by atoms with Crippen molar-refractivity contribution in [1.29, 1.82) is 0 Å². The molecule has 0 aromatic heterocycles. The number of halogens is 1. The van der Waals surface area contributed by atoms with Crippen LogP contribution in [0.3, 0.4) is 0 Å². The Balaban J connectivity index is 2.66. The number of benzene rings is 1. The number of nitrogens with zero attached hydrogens (tertiary/aromatic N) is 1. The first-order valence-electron chi connectivity index (χ1n) is 3.85. The lowest BCUT2D eigenvalue weighted by Crippen LogP contribution is -2.24. The molecule has 0 saturated carbocycles. The maximum atomic E-state index is 8.78. The fourth-order valence-electron chi connectivity index (χ4n) is 1.02. The molecule has 0 unspecified atom stereocenters. The largest absolute Gasteiger partial charge is 0.395 e. The van der Waals surface area contributed by atoms with Crippen LogP contribution in [0.4, 0.5) is 5.69 Å². The molecule has 1 N–H and O–H groups in total. The van der Waals surface area contributed by atoms with Crippen molar-refractivity contribution in [2.75, 3.05) is 22.6 Å². The second kappa shape index (κ2) is 5.37. The van der Waals surface area contributed by atoms with E-state index in [-0.39, 0.29) is 6.61 Å². The predicted octanol–water partition coefficient (Wildman–Crippen LogP) is 1.88. The van der Waals surface area contributed by atoms with Crippen molar-refractivity contribution in [3.05, 3.63) is 30.3 Å². The number of aliphatic hydroxyl groups excluding tert-OH is 1. The predicted molar refractivity (Wildman–Crippen MR) is 59.8 cm³/mol. The van der Waals surface area contributed by atoms with Crippen molar-refractivity contribution in [2.24, 2.45) is 0 Å². The molecule has 0 spiro atoms. The van der Waals surface area contributed by atoms with Gasteiger partial charge in [-0.25, -0.2) is 0 Å². The van der Waals surface area contributed by atoms with Gasteiger partial charge in [-0.3, -0.25) is 0 Å². The van der Waals surface area contributed by atoms with Crippen LogP contribution in [-0.2, 0) is 0 Å². The molecule has 0 fully saturated rings. The monoisotopic (exact) mass is 277 g/mol. The standard InChI is InChI=1S/C9H12INO/c10-8-11(6-7-12)9-4-2-1-3-5-9/h1-5,12H,6-8H2. The number of hydrogen-bond donors (Lipinski definition) is 1. The van der Waals surface area contributed by atoms with Crippen LogP contribution in [0.5, 0.6) is 0 Å². The third-order valence-electron chi connectivity index (χ3n) is 1.64. The van der Waals surface area contributed by atoms with Crippen LogP contribution < -0.4 is 4.90 Å². The molecule has 1 aromatic rings. The molecule has 12 heavy (non-hydrogen) atoms. The number of rotatable bonds is 4.